The lowest BCUT2D eigenvalue weighted by molar-refractivity contribution is 0.0958. The second-order valence-corrected chi connectivity index (χ2v) is 9.11. The van der Waals surface area contributed by atoms with Gasteiger partial charge in [0.25, 0.3) is 5.91 Å². The first kappa shape index (κ1) is 27.2. The van der Waals surface area contributed by atoms with Crippen LogP contribution in [-0.4, -0.2) is 68.2 Å². The fourth-order valence-electron chi connectivity index (χ4n) is 3.85. The standard InChI is InChI=1S/C27H31ClN6O4/c1-18-15-23(25(17-22(18)28)37-14-13-34-11-9-30-10-12-34)33-27(36)32-19-3-5-20(6-4-19)38-21-7-8-31-24(16-21)26(35)29-2/h3-8,15-17,30H,9-14H2,1-2H3,(H,29,35)(H2,32,33,36). The minimum Gasteiger partial charge on any atom is -0.490 e. The largest absolute Gasteiger partial charge is 0.490 e. The van der Waals surface area contributed by atoms with Crippen LogP contribution in [0.3, 0.4) is 0 Å². The summed E-state index contributed by atoms with van der Waals surface area (Å²) < 4.78 is 11.8. The zero-order valence-electron chi connectivity index (χ0n) is 21.3. The highest BCUT2D eigenvalue weighted by atomic mass is 35.5. The lowest BCUT2D eigenvalue weighted by atomic mass is 10.2. The molecule has 2 heterocycles. The number of halogens is 1. The van der Waals surface area contributed by atoms with Gasteiger partial charge in [-0.15, -0.1) is 0 Å². The highest BCUT2D eigenvalue weighted by molar-refractivity contribution is 6.31. The van der Waals surface area contributed by atoms with Crippen LogP contribution in [-0.2, 0) is 0 Å². The Morgan fingerprint density at radius 2 is 1.82 bits per heavy atom. The van der Waals surface area contributed by atoms with Crippen LogP contribution in [0.5, 0.6) is 17.2 Å². The van der Waals surface area contributed by atoms with E-state index in [4.69, 9.17) is 21.1 Å². The van der Waals surface area contributed by atoms with Crippen molar-refractivity contribution in [2.75, 3.05) is 57.0 Å². The van der Waals surface area contributed by atoms with Crippen molar-refractivity contribution < 1.29 is 19.1 Å². The van der Waals surface area contributed by atoms with Crippen LogP contribution < -0.4 is 30.7 Å². The summed E-state index contributed by atoms with van der Waals surface area (Å²) in [6, 6.07) is 13.2. The number of carbonyl (C=O) groups is 2. The van der Waals surface area contributed by atoms with Crippen molar-refractivity contribution in [1.82, 2.24) is 20.5 Å². The van der Waals surface area contributed by atoms with Crippen molar-refractivity contribution in [3.8, 4) is 17.2 Å². The summed E-state index contributed by atoms with van der Waals surface area (Å²) in [6.07, 6.45) is 1.50. The van der Waals surface area contributed by atoms with Crippen LogP contribution in [0, 0.1) is 6.92 Å². The van der Waals surface area contributed by atoms with Crippen LogP contribution in [0.15, 0.2) is 54.7 Å². The second-order valence-electron chi connectivity index (χ2n) is 8.70. The van der Waals surface area contributed by atoms with E-state index in [0.717, 1.165) is 38.3 Å². The molecule has 1 aliphatic rings. The summed E-state index contributed by atoms with van der Waals surface area (Å²) in [7, 11) is 1.54. The zero-order chi connectivity index (χ0) is 26.9. The Balaban J connectivity index is 1.34. The predicted octanol–water partition coefficient (Wildman–Crippen LogP) is 4.12. The minimum atomic E-state index is -0.420. The maximum atomic E-state index is 12.8. The first-order valence-electron chi connectivity index (χ1n) is 12.3. The molecule has 0 aliphatic carbocycles. The third-order valence-corrected chi connectivity index (χ3v) is 6.33. The van der Waals surface area contributed by atoms with Crippen LogP contribution in [0.4, 0.5) is 16.2 Å². The molecule has 3 amide bonds. The Morgan fingerprint density at radius 3 is 2.55 bits per heavy atom. The Bertz CT molecular complexity index is 1260. The number of aryl methyl sites for hydroxylation is 1. The van der Waals surface area contributed by atoms with E-state index in [-0.39, 0.29) is 11.6 Å². The summed E-state index contributed by atoms with van der Waals surface area (Å²) in [4.78, 5) is 30.9. The average molecular weight is 539 g/mol. The second kappa shape index (κ2) is 13.1. The molecule has 0 bridgehead atoms. The minimum absolute atomic E-state index is 0.254. The van der Waals surface area contributed by atoms with E-state index in [1.165, 1.54) is 13.2 Å². The molecule has 0 atom stereocenters. The maximum Gasteiger partial charge on any atom is 0.323 e. The first-order valence-corrected chi connectivity index (χ1v) is 12.7. The summed E-state index contributed by atoms with van der Waals surface area (Å²) in [5, 5.41) is 12.1. The molecular formula is C27H31ClN6O4. The normalized spacial score (nSPS) is 13.4. The number of rotatable bonds is 9. The molecule has 2 aromatic carbocycles. The number of pyridine rings is 1. The fourth-order valence-corrected chi connectivity index (χ4v) is 4.01. The summed E-state index contributed by atoms with van der Waals surface area (Å²) in [6.45, 7) is 7.05. The number of amides is 3. The van der Waals surface area contributed by atoms with Crippen LogP contribution >= 0.6 is 11.6 Å². The first-order chi connectivity index (χ1) is 18.4. The van der Waals surface area contributed by atoms with E-state index < -0.39 is 6.03 Å². The SMILES string of the molecule is CNC(=O)c1cc(Oc2ccc(NC(=O)Nc3cc(C)c(Cl)cc3OCCN3CCNCC3)cc2)ccn1. The molecule has 200 valence electrons. The average Bonchev–Trinajstić information content (AvgIpc) is 2.92. The Morgan fingerprint density at radius 1 is 1.05 bits per heavy atom. The van der Waals surface area contributed by atoms with Crippen molar-refractivity contribution in [2.24, 2.45) is 0 Å². The summed E-state index contributed by atoms with van der Waals surface area (Å²) >= 11 is 6.32. The van der Waals surface area contributed by atoms with Gasteiger partial charge in [-0.1, -0.05) is 11.6 Å². The number of urea groups is 1. The summed E-state index contributed by atoms with van der Waals surface area (Å²) in [5.74, 6) is 1.23. The van der Waals surface area contributed by atoms with E-state index in [0.29, 0.717) is 40.3 Å². The quantitative estimate of drug-likeness (QED) is 0.324. The maximum absolute atomic E-state index is 12.8. The molecule has 1 saturated heterocycles. The van der Waals surface area contributed by atoms with E-state index in [1.807, 2.05) is 6.92 Å². The third-order valence-electron chi connectivity index (χ3n) is 5.92. The monoisotopic (exact) mass is 538 g/mol. The highest BCUT2D eigenvalue weighted by Gasteiger charge is 2.14. The number of aromatic nitrogens is 1. The number of piperazine rings is 1. The topological polar surface area (TPSA) is 117 Å². The molecule has 0 unspecified atom stereocenters. The van der Waals surface area contributed by atoms with Gasteiger partial charge in [-0.05, 0) is 48.9 Å². The summed E-state index contributed by atoms with van der Waals surface area (Å²) in [5.41, 5.74) is 2.19. The van der Waals surface area contributed by atoms with Gasteiger partial charge in [-0.3, -0.25) is 14.7 Å². The molecular weight excluding hydrogens is 508 g/mol. The Kier molecular flexibility index (Phi) is 9.36. The molecule has 0 spiro atoms. The molecule has 3 aromatic rings. The van der Waals surface area contributed by atoms with Crippen molar-refractivity contribution in [3.63, 3.8) is 0 Å². The molecule has 4 N–H and O–H groups in total. The van der Waals surface area contributed by atoms with Gasteiger partial charge >= 0.3 is 6.03 Å². The number of hydrogen-bond acceptors (Lipinski definition) is 7. The van der Waals surface area contributed by atoms with Gasteiger partial charge < -0.3 is 30.7 Å². The number of carbonyl (C=O) groups excluding carboxylic acids is 2. The van der Waals surface area contributed by atoms with Crippen molar-refractivity contribution in [2.45, 2.75) is 6.92 Å². The number of nitrogens with zero attached hydrogens (tertiary/aromatic N) is 2. The number of benzene rings is 2. The lowest BCUT2D eigenvalue weighted by Gasteiger charge is -2.27. The van der Waals surface area contributed by atoms with Crippen molar-refractivity contribution >= 4 is 34.9 Å². The van der Waals surface area contributed by atoms with E-state index >= 15 is 0 Å². The zero-order valence-corrected chi connectivity index (χ0v) is 22.1. The Labute approximate surface area is 226 Å². The number of ether oxygens (including phenoxy) is 2. The molecule has 38 heavy (non-hydrogen) atoms. The predicted molar refractivity (Wildman–Crippen MR) is 148 cm³/mol. The van der Waals surface area contributed by atoms with Gasteiger partial charge in [0.05, 0.1) is 5.69 Å². The van der Waals surface area contributed by atoms with Crippen LogP contribution in [0.25, 0.3) is 0 Å². The van der Waals surface area contributed by atoms with Gasteiger partial charge in [-0.2, -0.15) is 0 Å². The highest BCUT2D eigenvalue weighted by Crippen LogP contribution is 2.31. The molecule has 0 radical (unpaired) electrons. The van der Waals surface area contributed by atoms with Crippen molar-refractivity contribution in [1.29, 1.82) is 0 Å². The van der Waals surface area contributed by atoms with E-state index in [2.05, 4.69) is 31.2 Å². The van der Waals surface area contributed by atoms with E-state index in [1.54, 1.807) is 48.5 Å². The molecule has 1 aliphatic heterocycles. The number of anilines is 2. The van der Waals surface area contributed by atoms with Gasteiger partial charge in [-0.25, -0.2) is 4.79 Å². The van der Waals surface area contributed by atoms with E-state index in [9.17, 15) is 9.59 Å². The van der Waals surface area contributed by atoms with Gasteiger partial charge in [0.2, 0.25) is 0 Å². The molecule has 4 rings (SSSR count). The van der Waals surface area contributed by atoms with Crippen LogP contribution in [0.2, 0.25) is 5.02 Å². The molecule has 0 saturated carbocycles. The Hall–Kier alpha value is -3.86. The smallest absolute Gasteiger partial charge is 0.323 e. The van der Waals surface area contributed by atoms with Gasteiger partial charge in [0.1, 0.15) is 29.5 Å². The number of nitrogens with one attached hydrogen (secondary N) is 4. The molecule has 11 heteroatoms. The molecule has 1 fully saturated rings. The van der Waals surface area contributed by atoms with Crippen LogP contribution in [0.1, 0.15) is 16.1 Å². The number of hydrogen-bond donors (Lipinski definition) is 4. The molecule has 10 nitrogen and oxygen atoms in total. The molecule has 1 aromatic heterocycles. The van der Waals surface area contributed by atoms with Crippen molar-refractivity contribution in [3.05, 3.63) is 71.0 Å². The fraction of sp³-hybridized carbons (Fsp3) is 0.296. The third kappa shape index (κ3) is 7.58. The lowest BCUT2D eigenvalue weighted by Crippen LogP contribution is -2.44. The van der Waals surface area contributed by atoms with Gasteiger partial charge in [0.15, 0.2) is 0 Å². The van der Waals surface area contributed by atoms with Gasteiger partial charge in [0, 0.05) is 68.8 Å².